The van der Waals surface area contributed by atoms with Gasteiger partial charge in [-0.2, -0.15) is 0 Å². The van der Waals surface area contributed by atoms with E-state index in [1.807, 2.05) is 38.1 Å². The van der Waals surface area contributed by atoms with Crippen molar-refractivity contribution in [3.8, 4) is 5.75 Å². The van der Waals surface area contributed by atoms with Crippen LogP contribution in [0.3, 0.4) is 0 Å². The van der Waals surface area contributed by atoms with E-state index < -0.39 is 17.2 Å². The summed E-state index contributed by atoms with van der Waals surface area (Å²) in [6.07, 6.45) is 2.95. The molecule has 36 heavy (non-hydrogen) atoms. The molecule has 2 heterocycles. The van der Waals surface area contributed by atoms with Crippen LogP contribution in [0.4, 0.5) is 0 Å². The normalized spacial score (nSPS) is 10.9. The van der Waals surface area contributed by atoms with Gasteiger partial charge in [0.05, 0.1) is 26.8 Å². The van der Waals surface area contributed by atoms with E-state index in [-0.39, 0.29) is 23.7 Å². The fourth-order valence-corrected chi connectivity index (χ4v) is 3.85. The van der Waals surface area contributed by atoms with Crippen LogP contribution < -0.4 is 15.5 Å². The van der Waals surface area contributed by atoms with Gasteiger partial charge in [-0.3, -0.25) is 14.4 Å². The number of nitrogens with zero attached hydrogens (tertiary/aromatic N) is 2. The van der Waals surface area contributed by atoms with E-state index in [4.69, 9.17) is 13.9 Å². The summed E-state index contributed by atoms with van der Waals surface area (Å²) in [7, 11) is 3.12. The van der Waals surface area contributed by atoms with Crippen LogP contribution in [0.2, 0.25) is 0 Å². The molecule has 0 bridgehead atoms. The van der Waals surface area contributed by atoms with Gasteiger partial charge in [0.25, 0.3) is 11.8 Å². The zero-order valence-electron chi connectivity index (χ0n) is 21.4. The molecule has 0 atom stereocenters. The van der Waals surface area contributed by atoms with Crippen LogP contribution in [0.15, 0.2) is 58.0 Å². The lowest BCUT2D eigenvalue weighted by molar-refractivity contribution is 0.0632. The molecule has 0 saturated carbocycles. The highest BCUT2D eigenvalue weighted by molar-refractivity contribution is 5.99. The molecule has 0 aliphatic carbocycles. The maximum absolute atomic E-state index is 13.5. The summed E-state index contributed by atoms with van der Waals surface area (Å²) in [6, 6.07) is 10.8. The molecule has 1 N–H and O–H groups in total. The van der Waals surface area contributed by atoms with Crippen molar-refractivity contribution in [2.45, 2.75) is 39.9 Å². The van der Waals surface area contributed by atoms with E-state index in [1.54, 1.807) is 42.7 Å². The molecular formula is C27H33N3O6. The molecule has 192 valence electrons. The summed E-state index contributed by atoms with van der Waals surface area (Å²) in [6.45, 7) is 6.58. The Morgan fingerprint density at radius 1 is 1.08 bits per heavy atom. The van der Waals surface area contributed by atoms with Gasteiger partial charge in [0, 0.05) is 37.7 Å². The van der Waals surface area contributed by atoms with E-state index in [0.717, 1.165) is 11.3 Å². The van der Waals surface area contributed by atoms with Crippen LogP contribution in [0.25, 0.3) is 0 Å². The Morgan fingerprint density at radius 2 is 1.81 bits per heavy atom. The number of pyridine rings is 1. The van der Waals surface area contributed by atoms with Gasteiger partial charge in [0.2, 0.25) is 5.43 Å². The lowest BCUT2D eigenvalue weighted by Crippen LogP contribution is -2.42. The number of ether oxygens (including phenoxy) is 2. The number of carbonyl (C=O) groups is 2. The first-order valence-corrected chi connectivity index (χ1v) is 11.7. The molecule has 1 aromatic carbocycles. The summed E-state index contributed by atoms with van der Waals surface area (Å²) in [4.78, 5) is 41.5. The Balaban J connectivity index is 2.02. The molecule has 0 aliphatic rings. The van der Waals surface area contributed by atoms with E-state index in [1.165, 1.54) is 12.4 Å². The molecule has 0 spiro atoms. The summed E-state index contributed by atoms with van der Waals surface area (Å²) < 4.78 is 17.7. The van der Waals surface area contributed by atoms with E-state index in [9.17, 15) is 14.4 Å². The number of furan rings is 1. The number of aryl methyl sites for hydroxylation is 1. The minimum atomic E-state index is -0.632. The third kappa shape index (κ3) is 6.42. The van der Waals surface area contributed by atoms with Gasteiger partial charge in [-0.25, -0.2) is 0 Å². The van der Waals surface area contributed by atoms with E-state index in [2.05, 4.69) is 5.32 Å². The van der Waals surface area contributed by atoms with Crippen molar-refractivity contribution in [1.29, 1.82) is 0 Å². The standard InChI is InChI=1S/C27H33N3O6/c1-18(2)30(12-13-34-4)27(33)23-17-29(15-20-8-6-7-9-24(20)35-5)16-22(25(23)31)26(32)28-14-21-11-10-19(3)36-21/h6-11,16-18H,12-15H2,1-5H3,(H,28,32). The van der Waals surface area contributed by atoms with E-state index >= 15 is 0 Å². The molecule has 0 unspecified atom stereocenters. The number of nitrogens with one attached hydrogen (secondary N) is 1. The first-order chi connectivity index (χ1) is 17.2. The summed E-state index contributed by atoms with van der Waals surface area (Å²) in [5, 5.41) is 2.72. The predicted octanol–water partition coefficient (Wildman–Crippen LogP) is 3.23. The first-order valence-electron chi connectivity index (χ1n) is 11.7. The maximum Gasteiger partial charge on any atom is 0.259 e. The van der Waals surface area contributed by atoms with Crippen molar-refractivity contribution in [3.05, 3.63) is 87.2 Å². The van der Waals surface area contributed by atoms with Gasteiger partial charge in [-0.1, -0.05) is 18.2 Å². The average Bonchev–Trinajstić information content (AvgIpc) is 3.28. The highest BCUT2D eigenvalue weighted by atomic mass is 16.5. The average molecular weight is 496 g/mol. The van der Waals surface area contributed by atoms with Crippen LogP contribution in [0, 0.1) is 6.92 Å². The number of methoxy groups -OCH3 is 2. The van der Waals surface area contributed by atoms with Crippen molar-refractivity contribution >= 4 is 11.8 Å². The van der Waals surface area contributed by atoms with Crippen LogP contribution in [-0.4, -0.2) is 54.7 Å². The van der Waals surface area contributed by atoms with Crippen LogP contribution >= 0.6 is 0 Å². The third-order valence-corrected chi connectivity index (χ3v) is 5.74. The molecule has 0 fully saturated rings. The van der Waals surface area contributed by atoms with Gasteiger partial charge in [0.1, 0.15) is 28.4 Å². The van der Waals surface area contributed by atoms with Crippen LogP contribution in [0.1, 0.15) is 51.6 Å². The number of para-hydroxylation sites is 1. The van der Waals surface area contributed by atoms with Crippen molar-refractivity contribution < 1.29 is 23.5 Å². The minimum Gasteiger partial charge on any atom is -0.496 e. The summed E-state index contributed by atoms with van der Waals surface area (Å²) in [5.41, 5.74) is -0.0160. The Labute approximate surface area is 210 Å². The Hall–Kier alpha value is -3.85. The van der Waals surface area contributed by atoms with Gasteiger partial charge < -0.3 is 28.7 Å². The number of hydrogen-bond donors (Lipinski definition) is 1. The Morgan fingerprint density at radius 3 is 2.44 bits per heavy atom. The molecular weight excluding hydrogens is 462 g/mol. The van der Waals surface area contributed by atoms with Crippen molar-refractivity contribution in [1.82, 2.24) is 14.8 Å². The number of amides is 2. The molecule has 2 aromatic heterocycles. The summed E-state index contributed by atoms with van der Waals surface area (Å²) >= 11 is 0. The van der Waals surface area contributed by atoms with Gasteiger partial charge >= 0.3 is 0 Å². The second kappa shape index (κ2) is 12.2. The quantitative estimate of drug-likeness (QED) is 0.438. The van der Waals surface area contributed by atoms with Crippen molar-refractivity contribution in [2.75, 3.05) is 27.4 Å². The first kappa shape index (κ1) is 26.7. The number of rotatable bonds is 11. The molecule has 9 heteroatoms. The van der Waals surface area contributed by atoms with Gasteiger partial charge in [0.15, 0.2) is 0 Å². The third-order valence-electron chi connectivity index (χ3n) is 5.74. The molecule has 3 aromatic rings. The molecule has 2 amide bonds. The maximum atomic E-state index is 13.5. The fraction of sp³-hybridized carbons (Fsp3) is 0.370. The lowest BCUT2D eigenvalue weighted by atomic mass is 10.1. The van der Waals surface area contributed by atoms with Crippen LogP contribution in [-0.2, 0) is 17.8 Å². The highest BCUT2D eigenvalue weighted by Gasteiger charge is 2.25. The van der Waals surface area contributed by atoms with Crippen molar-refractivity contribution in [2.24, 2.45) is 0 Å². The Bertz CT molecular complexity index is 1260. The molecule has 0 aliphatic heterocycles. The van der Waals surface area contributed by atoms with Gasteiger partial charge in [-0.05, 0) is 39.0 Å². The topological polar surface area (TPSA) is 103 Å². The van der Waals surface area contributed by atoms with Crippen molar-refractivity contribution in [3.63, 3.8) is 0 Å². The highest BCUT2D eigenvalue weighted by Crippen LogP contribution is 2.19. The zero-order chi connectivity index (χ0) is 26.2. The smallest absolute Gasteiger partial charge is 0.259 e. The second-order valence-corrected chi connectivity index (χ2v) is 8.68. The molecule has 0 radical (unpaired) electrons. The number of hydrogen-bond acceptors (Lipinski definition) is 6. The lowest BCUT2D eigenvalue weighted by Gasteiger charge is -2.26. The number of carbonyl (C=O) groups excluding carboxylic acids is 2. The molecule has 3 rings (SSSR count). The SMILES string of the molecule is COCCN(C(=O)c1cn(Cc2ccccc2OC)cc(C(=O)NCc2ccc(C)o2)c1=O)C(C)C. The zero-order valence-corrected chi connectivity index (χ0v) is 21.4. The van der Waals surface area contributed by atoms with Gasteiger partial charge in [-0.15, -0.1) is 0 Å². The Kier molecular flexibility index (Phi) is 9.08. The second-order valence-electron chi connectivity index (χ2n) is 8.68. The fourth-order valence-electron chi connectivity index (χ4n) is 3.85. The predicted molar refractivity (Wildman–Crippen MR) is 135 cm³/mol. The number of benzene rings is 1. The largest absolute Gasteiger partial charge is 0.496 e. The van der Waals surface area contributed by atoms with Crippen LogP contribution in [0.5, 0.6) is 5.75 Å². The molecule has 9 nitrogen and oxygen atoms in total. The van der Waals surface area contributed by atoms with E-state index in [0.29, 0.717) is 31.2 Å². The summed E-state index contributed by atoms with van der Waals surface area (Å²) in [5.74, 6) is 0.888. The molecule has 0 saturated heterocycles. The number of aromatic nitrogens is 1. The minimum absolute atomic E-state index is 0.0869. The monoisotopic (exact) mass is 495 g/mol.